The van der Waals surface area contributed by atoms with Crippen LogP contribution in [-0.2, 0) is 13.0 Å². The van der Waals surface area contributed by atoms with Crippen molar-refractivity contribution >= 4 is 17.4 Å². The number of unbranched alkanes of at least 4 members (excludes halogenated alkanes) is 2. The lowest BCUT2D eigenvalue weighted by atomic mass is 10.1. The number of fused-ring (bicyclic) bond motifs is 1. The number of rotatable bonds is 8. The lowest BCUT2D eigenvalue weighted by molar-refractivity contribution is 0.619. The summed E-state index contributed by atoms with van der Waals surface area (Å²) in [6, 6.07) is 6.65. The highest BCUT2D eigenvalue weighted by atomic mass is 32.2. The van der Waals surface area contributed by atoms with Crippen molar-refractivity contribution in [2.45, 2.75) is 32.2 Å². The van der Waals surface area contributed by atoms with Crippen LogP contribution < -0.4 is 10.6 Å². The van der Waals surface area contributed by atoms with E-state index in [1.165, 1.54) is 48.3 Å². The standard InChI is InChI=1S/C15H24N2S/c1-18-11-4-2-3-9-16-12-14-7-5-6-13-8-10-17-15(13)14/h5-7,16-17H,2-4,8-12H2,1H3. The first-order valence-corrected chi connectivity index (χ1v) is 8.35. The summed E-state index contributed by atoms with van der Waals surface area (Å²) in [6.45, 7) is 3.23. The first kappa shape index (κ1) is 13.8. The van der Waals surface area contributed by atoms with E-state index in [4.69, 9.17) is 0 Å². The molecule has 1 aliphatic rings. The predicted molar refractivity (Wildman–Crippen MR) is 82.6 cm³/mol. The summed E-state index contributed by atoms with van der Waals surface area (Å²) in [4.78, 5) is 0. The molecule has 0 unspecified atom stereocenters. The molecule has 1 heterocycles. The maximum atomic E-state index is 3.56. The van der Waals surface area contributed by atoms with Gasteiger partial charge in [0, 0.05) is 18.8 Å². The zero-order valence-corrected chi connectivity index (χ0v) is 12.1. The van der Waals surface area contributed by atoms with E-state index in [-0.39, 0.29) is 0 Å². The highest BCUT2D eigenvalue weighted by molar-refractivity contribution is 7.98. The molecule has 2 nitrogen and oxygen atoms in total. The van der Waals surface area contributed by atoms with Gasteiger partial charge in [0.1, 0.15) is 0 Å². The summed E-state index contributed by atoms with van der Waals surface area (Å²) < 4.78 is 0. The Hall–Kier alpha value is -0.670. The number of benzene rings is 1. The summed E-state index contributed by atoms with van der Waals surface area (Å²) in [5, 5.41) is 7.06. The van der Waals surface area contributed by atoms with Gasteiger partial charge in [0.05, 0.1) is 0 Å². The molecule has 0 saturated carbocycles. The van der Waals surface area contributed by atoms with Crippen molar-refractivity contribution in [1.29, 1.82) is 0 Å². The second-order valence-corrected chi connectivity index (χ2v) is 5.84. The minimum absolute atomic E-state index is 0.999. The normalized spacial score (nSPS) is 13.4. The van der Waals surface area contributed by atoms with Gasteiger partial charge in [-0.3, -0.25) is 0 Å². The van der Waals surface area contributed by atoms with E-state index in [2.05, 4.69) is 35.1 Å². The van der Waals surface area contributed by atoms with E-state index >= 15 is 0 Å². The lowest BCUT2D eigenvalue weighted by Crippen LogP contribution is -2.15. The molecule has 0 atom stereocenters. The first-order chi connectivity index (χ1) is 8.92. The van der Waals surface area contributed by atoms with Gasteiger partial charge in [0.2, 0.25) is 0 Å². The molecule has 3 heteroatoms. The predicted octanol–water partition coefficient (Wildman–Crippen LogP) is 3.28. The Labute approximate surface area is 115 Å². The van der Waals surface area contributed by atoms with Gasteiger partial charge in [0.25, 0.3) is 0 Å². The zero-order valence-electron chi connectivity index (χ0n) is 11.3. The maximum absolute atomic E-state index is 3.56. The van der Waals surface area contributed by atoms with Gasteiger partial charge in [-0.2, -0.15) is 11.8 Å². The van der Waals surface area contributed by atoms with Crippen molar-refractivity contribution in [3.8, 4) is 0 Å². The van der Waals surface area contributed by atoms with E-state index in [1.54, 1.807) is 0 Å². The Balaban J connectivity index is 1.66. The van der Waals surface area contributed by atoms with Crippen LogP contribution in [0.3, 0.4) is 0 Å². The van der Waals surface area contributed by atoms with Gasteiger partial charge in [-0.25, -0.2) is 0 Å². The highest BCUT2D eigenvalue weighted by Crippen LogP contribution is 2.26. The van der Waals surface area contributed by atoms with Crippen molar-refractivity contribution in [2.24, 2.45) is 0 Å². The molecule has 2 rings (SSSR count). The third-order valence-corrected chi connectivity index (χ3v) is 4.15. The highest BCUT2D eigenvalue weighted by Gasteiger charge is 2.12. The van der Waals surface area contributed by atoms with Crippen molar-refractivity contribution in [1.82, 2.24) is 5.32 Å². The Morgan fingerprint density at radius 3 is 3.11 bits per heavy atom. The van der Waals surface area contributed by atoms with Gasteiger partial charge >= 0.3 is 0 Å². The summed E-state index contributed by atoms with van der Waals surface area (Å²) in [5.74, 6) is 1.30. The fraction of sp³-hybridized carbons (Fsp3) is 0.600. The van der Waals surface area contributed by atoms with Crippen LogP contribution in [0.25, 0.3) is 0 Å². The summed E-state index contributed by atoms with van der Waals surface area (Å²) in [5.41, 5.74) is 4.29. The van der Waals surface area contributed by atoms with Crippen LogP contribution in [-0.4, -0.2) is 25.1 Å². The summed E-state index contributed by atoms with van der Waals surface area (Å²) in [6.07, 6.45) is 7.35. The molecule has 18 heavy (non-hydrogen) atoms. The number of hydrogen-bond donors (Lipinski definition) is 2. The third-order valence-electron chi connectivity index (χ3n) is 3.45. The summed E-state index contributed by atoms with van der Waals surface area (Å²) >= 11 is 1.95. The van der Waals surface area contributed by atoms with E-state index in [0.29, 0.717) is 0 Å². The van der Waals surface area contributed by atoms with Gasteiger partial charge < -0.3 is 10.6 Å². The second kappa shape index (κ2) is 7.70. The van der Waals surface area contributed by atoms with Crippen LogP contribution in [0.4, 0.5) is 5.69 Å². The van der Waals surface area contributed by atoms with Crippen molar-refractivity contribution in [3.63, 3.8) is 0 Å². The average molecular weight is 264 g/mol. The fourth-order valence-electron chi connectivity index (χ4n) is 2.45. The molecule has 0 radical (unpaired) electrons. The first-order valence-electron chi connectivity index (χ1n) is 6.96. The quantitative estimate of drug-likeness (QED) is 0.705. The monoisotopic (exact) mass is 264 g/mol. The number of nitrogens with one attached hydrogen (secondary N) is 2. The van der Waals surface area contributed by atoms with Crippen LogP contribution >= 0.6 is 11.8 Å². The van der Waals surface area contributed by atoms with Crippen molar-refractivity contribution < 1.29 is 0 Å². The van der Waals surface area contributed by atoms with Crippen LogP contribution in [0, 0.1) is 0 Å². The van der Waals surface area contributed by atoms with Crippen LogP contribution in [0.5, 0.6) is 0 Å². The molecule has 0 bridgehead atoms. The molecular weight excluding hydrogens is 240 g/mol. The lowest BCUT2D eigenvalue weighted by Gasteiger charge is -2.10. The van der Waals surface area contributed by atoms with Crippen molar-refractivity contribution in [3.05, 3.63) is 29.3 Å². The molecule has 0 amide bonds. The maximum Gasteiger partial charge on any atom is 0.0419 e. The van der Waals surface area contributed by atoms with E-state index in [0.717, 1.165) is 19.6 Å². The van der Waals surface area contributed by atoms with Crippen LogP contribution in [0.15, 0.2) is 18.2 Å². The van der Waals surface area contributed by atoms with Gasteiger partial charge in [-0.1, -0.05) is 24.6 Å². The summed E-state index contributed by atoms with van der Waals surface area (Å²) in [7, 11) is 0. The Morgan fingerprint density at radius 1 is 1.28 bits per heavy atom. The third kappa shape index (κ3) is 3.92. The minimum Gasteiger partial charge on any atom is -0.384 e. The Bertz CT molecular complexity index is 366. The second-order valence-electron chi connectivity index (χ2n) is 4.86. The smallest absolute Gasteiger partial charge is 0.0419 e. The number of anilines is 1. The SMILES string of the molecule is CSCCCCCNCc1cccc2c1NCC2. The number of hydrogen-bond acceptors (Lipinski definition) is 3. The van der Waals surface area contributed by atoms with Crippen molar-refractivity contribution in [2.75, 3.05) is 30.4 Å². The van der Waals surface area contributed by atoms with Crippen LogP contribution in [0.1, 0.15) is 30.4 Å². The minimum atomic E-state index is 0.999. The molecule has 100 valence electrons. The van der Waals surface area contributed by atoms with E-state index in [9.17, 15) is 0 Å². The molecule has 0 spiro atoms. The molecule has 0 saturated heterocycles. The molecule has 2 N–H and O–H groups in total. The van der Waals surface area contributed by atoms with E-state index in [1.807, 2.05) is 11.8 Å². The Kier molecular flexibility index (Phi) is 5.88. The molecule has 0 fully saturated rings. The molecule has 1 aliphatic heterocycles. The topological polar surface area (TPSA) is 24.1 Å². The molecule has 1 aromatic carbocycles. The zero-order chi connectivity index (χ0) is 12.6. The Morgan fingerprint density at radius 2 is 2.22 bits per heavy atom. The van der Waals surface area contributed by atoms with Gasteiger partial charge in [-0.05, 0) is 48.9 Å². The molecule has 1 aromatic rings. The van der Waals surface area contributed by atoms with Crippen LogP contribution in [0.2, 0.25) is 0 Å². The fourth-order valence-corrected chi connectivity index (χ4v) is 2.95. The molecule has 0 aromatic heterocycles. The average Bonchev–Trinajstić information content (AvgIpc) is 2.86. The van der Waals surface area contributed by atoms with Gasteiger partial charge in [0.15, 0.2) is 0 Å². The molecular formula is C15H24N2S. The van der Waals surface area contributed by atoms with E-state index < -0.39 is 0 Å². The molecule has 0 aliphatic carbocycles. The number of thioether (sulfide) groups is 1. The number of para-hydroxylation sites is 1. The van der Waals surface area contributed by atoms with Gasteiger partial charge in [-0.15, -0.1) is 0 Å². The largest absolute Gasteiger partial charge is 0.384 e.